The van der Waals surface area contributed by atoms with Crippen molar-refractivity contribution in [1.29, 1.82) is 0 Å². The van der Waals surface area contributed by atoms with Gasteiger partial charge in [0, 0.05) is 24.3 Å². The fourth-order valence-corrected chi connectivity index (χ4v) is 2.60. The number of nitrogens with one attached hydrogen (secondary N) is 1. The first-order valence-corrected chi connectivity index (χ1v) is 6.73. The van der Waals surface area contributed by atoms with E-state index in [9.17, 15) is 4.79 Å². The molecule has 1 aromatic rings. The normalized spacial score (nSPS) is 17.2. The van der Waals surface area contributed by atoms with Crippen LogP contribution in [0.15, 0.2) is 23.1 Å². The second-order valence-electron chi connectivity index (χ2n) is 4.82. The lowest BCUT2D eigenvalue weighted by Crippen LogP contribution is -2.30. The number of hydrogen-bond acceptors (Lipinski definition) is 2. The minimum absolute atomic E-state index is 0.195. The molecular formula is C14H22N2O. The third-order valence-corrected chi connectivity index (χ3v) is 3.59. The Morgan fingerprint density at radius 2 is 2.12 bits per heavy atom. The molecule has 94 valence electrons. The molecule has 3 heteroatoms. The SMILES string of the molecule is CCNCc1cccn(C2CCCCC2)c1=O. The molecule has 3 nitrogen and oxygen atoms in total. The summed E-state index contributed by atoms with van der Waals surface area (Å²) in [6.07, 6.45) is 8.11. The lowest BCUT2D eigenvalue weighted by Gasteiger charge is -2.24. The van der Waals surface area contributed by atoms with E-state index in [1.165, 1.54) is 19.3 Å². The second kappa shape index (κ2) is 6.01. The first kappa shape index (κ1) is 12.4. The van der Waals surface area contributed by atoms with Crippen LogP contribution in [0, 0.1) is 0 Å². The predicted octanol–water partition coefficient (Wildman–Crippen LogP) is 2.46. The van der Waals surface area contributed by atoms with Crippen molar-refractivity contribution in [3.8, 4) is 0 Å². The number of hydrogen-bond donors (Lipinski definition) is 1. The van der Waals surface area contributed by atoms with E-state index in [4.69, 9.17) is 0 Å². The highest BCUT2D eigenvalue weighted by atomic mass is 16.1. The van der Waals surface area contributed by atoms with Gasteiger partial charge in [-0.1, -0.05) is 32.3 Å². The molecule has 0 bridgehead atoms. The van der Waals surface area contributed by atoms with Crippen molar-refractivity contribution < 1.29 is 0 Å². The van der Waals surface area contributed by atoms with Gasteiger partial charge in [0.15, 0.2) is 0 Å². The molecule has 0 atom stereocenters. The van der Waals surface area contributed by atoms with E-state index in [1.54, 1.807) is 0 Å². The van der Waals surface area contributed by atoms with Crippen molar-refractivity contribution in [3.05, 3.63) is 34.2 Å². The lowest BCUT2D eigenvalue weighted by atomic mass is 9.95. The topological polar surface area (TPSA) is 34.0 Å². The van der Waals surface area contributed by atoms with Crippen LogP contribution >= 0.6 is 0 Å². The summed E-state index contributed by atoms with van der Waals surface area (Å²) in [7, 11) is 0. The van der Waals surface area contributed by atoms with Crippen LogP contribution in [0.5, 0.6) is 0 Å². The highest BCUT2D eigenvalue weighted by Gasteiger charge is 2.16. The van der Waals surface area contributed by atoms with Gasteiger partial charge >= 0.3 is 0 Å². The Bertz CT molecular complexity index is 405. The van der Waals surface area contributed by atoms with E-state index in [2.05, 4.69) is 12.2 Å². The van der Waals surface area contributed by atoms with Gasteiger partial charge in [-0.15, -0.1) is 0 Å². The first-order chi connectivity index (χ1) is 8.33. The molecule has 1 aliphatic carbocycles. The van der Waals surface area contributed by atoms with E-state index in [0.717, 1.165) is 24.9 Å². The van der Waals surface area contributed by atoms with Gasteiger partial charge in [0.1, 0.15) is 0 Å². The Hall–Kier alpha value is -1.09. The first-order valence-electron chi connectivity index (χ1n) is 6.73. The highest BCUT2D eigenvalue weighted by molar-refractivity contribution is 5.11. The molecule has 0 saturated heterocycles. The summed E-state index contributed by atoms with van der Waals surface area (Å²) in [6.45, 7) is 3.64. The summed E-state index contributed by atoms with van der Waals surface area (Å²) in [5, 5.41) is 3.22. The number of pyridine rings is 1. The summed E-state index contributed by atoms with van der Waals surface area (Å²) >= 11 is 0. The Morgan fingerprint density at radius 1 is 1.35 bits per heavy atom. The molecule has 0 radical (unpaired) electrons. The van der Waals surface area contributed by atoms with Gasteiger partial charge in [-0.05, 0) is 25.5 Å². The van der Waals surface area contributed by atoms with Gasteiger partial charge in [0.05, 0.1) is 0 Å². The van der Waals surface area contributed by atoms with Gasteiger partial charge in [-0.3, -0.25) is 4.79 Å². The molecule has 2 rings (SSSR count). The minimum Gasteiger partial charge on any atom is -0.313 e. The molecule has 17 heavy (non-hydrogen) atoms. The lowest BCUT2D eigenvalue weighted by molar-refractivity contribution is 0.345. The summed E-state index contributed by atoms with van der Waals surface area (Å²) in [5.41, 5.74) is 1.08. The third-order valence-electron chi connectivity index (χ3n) is 3.59. The maximum absolute atomic E-state index is 12.3. The molecule has 0 spiro atoms. The Labute approximate surface area is 103 Å². The van der Waals surface area contributed by atoms with Crippen LogP contribution in [-0.2, 0) is 6.54 Å². The van der Waals surface area contributed by atoms with Crippen LogP contribution in [0.3, 0.4) is 0 Å². The fraction of sp³-hybridized carbons (Fsp3) is 0.643. The predicted molar refractivity (Wildman–Crippen MR) is 70.2 cm³/mol. The van der Waals surface area contributed by atoms with Gasteiger partial charge in [0.25, 0.3) is 5.56 Å². The van der Waals surface area contributed by atoms with E-state index in [0.29, 0.717) is 12.6 Å². The molecule has 1 aliphatic rings. The number of nitrogens with zero attached hydrogens (tertiary/aromatic N) is 1. The molecular weight excluding hydrogens is 212 g/mol. The van der Waals surface area contributed by atoms with E-state index < -0.39 is 0 Å². The van der Waals surface area contributed by atoms with Gasteiger partial charge < -0.3 is 9.88 Å². The van der Waals surface area contributed by atoms with E-state index >= 15 is 0 Å². The Morgan fingerprint density at radius 3 is 2.82 bits per heavy atom. The molecule has 1 saturated carbocycles. The molecule has 0 aromatic carbocycles. The van der Waals surface area contributed by atoms with Crippen molar-refractivity contribution in [1.82, 2.24) is 9.88 Å². The van der Waals surface area contributed by atoms with Crippen LogP contribution in [-0.4, -0.2) is 11.1 Å². The van der Waals surface area contributed by atoms with Crippen LogP contribution in [0.1, 0.15) is 50.6 Å². The monoisotopic (exact) mass is 234 g/mol. The molecule has 0 unspecified atom stereocenters. The van der Waals surface area contributed by atoms with Crippen LogP contribution < -0.4 is 10.9 Å². The molecule has 1 heterocycles. The maximum atomic E-state index is 12.3. The van der Waals surface area contributed by atoms with Crippen LogP contribution in [0.4, 0.5) is 0 Å². The Balaban J connectivity index is 2.19. The highest BCUT2D eigenvalue weighted by Crippen LogP contribution is 2.26. The zero-order valence-corrected chi connectivity index (χ0v) is 10.6. The largest absolute Gasteiger partial charge is 0.313 e. The van der Waals surface area contributed by atoms with Crippen molar-refractivity contribution in [2.45, 2.75) is 51.6 Å². The van der Waals surface area contributed by atoms with Crippen molar-refractivity contribution in [2.75, 3.05) is 6.54 Å². The quantitative estimate of drug-likeness (QED) is 0.868. The molecule has 0 amide bonds. The van der Waals surface area contributed by atoms with Gasteiger partial charge in [-0.25, -0.2) is 0 Å². The Kier molecular flexibility index (Phi) is 4.37. The standard InChI is InChI=1S/C14H22N2O/c1-2-15-11-12-7-6-10-16(14(12)17)13-8-4-3-5-9-13/h6-7,10,13,15H,2-5,8-9,11H2,1H3. The smallest absolute Gasteiger partial charge is 0.255 e. The fourth-order valence-electron chi connectivity index (χ4n) is 2.60. The molecule has 1 aromatic heterocycles. The van der Waals surface area contributed by atoms with Crippen molar-refractivity contribution in [2.24, 2.45) is 0 Å². The summed E-state index contributed by atoms with van der Waals surface area (Å²) in [4.78, 5) is 12.3. The molecule has 0 aliphatic heterocycles. The third kappa shape index (κ3) is 2.97. The molecule has 1 fully saturated rings. The number of aromatic nitrogens is 1. The van der Waals surface area contributed by atoms with E-state index in [-0.39, 0.29) is 5.56 Å². The summed E-state index contributed by atoms with van der Waals surface area (Å²) in [6, 6.07) is 4.37. The summed E-state index contributed by atoms with van der Waals surface area (Å²) in [5.74, 6) is 0. The van der Waals surface area contributed by atoms with E-state index in [1.807, 2.05) is 22.9 Å². The zero-order chi connectivity index (χ0) is 12.1. The molecule has 1 N–H and O–H groups in total. The summed E-state index contributed by atoms with van der Waals surface area (Å²) < 4.78 is 1.95. The van der Waals surface area contributed by atoms with Crippen LogP contribution in [0.2, 0.25) is 0 Å². The van der Waals surface area contributed by atoms with Crippen molar-refractivity contribution >= 4 is 0 Å². The number of rotatable bonds is 4. The zero-order valence-electron chi connectivity index (χ0n) is 10.6. The minimum atomic E-state index is 0.195. The second-order valence-corrected chi connectivity index (χ2v) is 4.82. The average molecular weight is 234 g/mol. The maximum Gasteiger partial charge on any atom is 0.255 e. The van der Waals surface area contributed by atoms with Gasteiger partial charge in [-0.2, -0.15) is 0 Å². The van der Waals surface area contributed by atoms with Crippen LogP contribution in [0.25, 0.3) is 0 Å². The van der Waals surface area contributed by atoms with Gasteiger partial charge in [0.2, 0.25) is 0 Å². The average Bonchev–Trinajstić information content (AvgIpc) is 2.39. The van der Waals surface area contributed by atoms with Crippen molar-refractivity contribution in [3.63, 3.8) is 0 Å².